The number of pyridine rings is 1. The molecular formula is C14H12N2O. The monoisotopic (exact) mass is 224 g/mol. The number of hydrogen-bond acceptors (Lipinski definition) is 2. The van der Waals surface area contributed by atoms with E-state index < -0.39 is 0 Å². The number of Topliss-reactive ketones (excluding diaryl/α,β-unsaturated/α-hetero) is 1. The Kier molecular flexibility index (Phi) is 2.01. The van der Waals surface area contributed by atoms with Crippen LogP contribution in [0.1, 0.15) is 23.0 Å². The van der Waals surface area contributed by atoms with Gasteiger partial charge in [0.05, 0.1) is 5.52 Å². The summed E-state index contributed by atoms with van der Waals surface area (Å²) in [4.78, 5) is 15.7. The molecule has 1 aromatic carbocycles. The van der Waals surface area contributed by atoms with E-state index in [1.165, 1.54) is 17.9 Å². The second-order valence-electron chi connectivity index (χ2n) is 4.26. The van der Waals surface area contributed by atoms with E-state index >= 15 is 0 Å². The predicted molar refractivity (Wildman–Crippen MR) is 67.4 cm³/mol. The molecule has 0 bridgehead atoms. The maximum absolute atomic E-state index is 11.4. The molecule has 0 fully saturated rings. The van der Waals surface area contributed by atoms with Crippen LogP contribution in [0.5, 0.6) is 0 Å². The van der Waals surface area contributed by atoms with Crippen LogP contribution in [0, 0.1) is 6.92 Å². The van der Waals surface area contributed by atoms with Gasteiger partial charge in [-0.15, -0.1) is 0 Å². The Labute approximate surface area is 98.7 Å². The van der Waals surface area contributed by atoms with Crippen LogP contribution in [0.4, 0.5) is 0 Å². The summed E-state index contributed by atoms with van der Waals surface area (Å²) < 4.78 is 1.97. The normalized spacial score (nSPS) is 11.2. The molecule has 0 aliphatic heterocycles. The number of carbonyl (C=O) groups excluding carboxylic acids is 1. The topological polar surface area (TPSA) is 34.4 Å². The van der Waals surface area contributed by atoms with Crippen LogP contribution in [0.15, 0.2) is 36.5 Å². The minimum Gasteiger partial charge on any atom is -0.299 e. The Morgan fingerprint density at radius 2 is 2.06 bits per heavy atom. The SMILES string of the molecule is CC(=O)c1cn2c(cc(C)c3ccccc32)n1. The first-order chi connectivity index (χ1) is 8.16. The van der Waals surface area contributed by atoms with Gasteiger partial charge in [0, 0.05) is 18.5 Å². The summed E-state index contributed by atoms with van der Waals surface area (Å²) >= 11 is 0. The third-order valence-electron chi connectivity index (χ3n) is 3.03. The van der Waals surface area contributed by atoms with Crippen molar-refractivity contribution in [2.45, 2.75) is 13.8 Å². The van der Waals surface area contributed by atoms with E-state index in [1.807, 2.05) is 28.7 Å². The Hall–Kier alpha value is -2.16. The molecule has 84 valence electrons. The third-order valence-corrected chi connectivity index (χ3v) is 3.03. The van der Waals surface area contributed by atoms with Crippen LogP contribution in [0.2, 0.25) is 0 Å². The van der Waals surface area contributed by atoms with Gasteiger partial charge in [-0.2, -0.15) is 0 Å². The van der Waals surface area contributed by atoms with Gasteiger partial charge < -0.3 is 0 Å². The van der Waals surface area contributed by atoms with Gasteiger partial charge in [-0.3, -0.25) is 9.20 Å². The number of ketones is 1. The lowest BCUT2D eigenvalue weighted by Crippen LogP contribution is -1.90. The second-order valence-corrected chi connectivity index (χ2v) is 4.26. The van der Waals surface area contributed by atoms with Gasteiger partial charge in [0.25, 0.3) is 0 Å². The minimum absolute atomic E-state index is 0.00423. The number of para-hydroxylation sites is 1. The van der Waals surface area contributed by atoms with Crippen molar-refractivity contribution in [3.63, 3.8) is 0 Å². The van der Waals surface area contributed by atoms with Gasteiger partial charge in [-0.25, -0.2) is 4.98 Å². The van der Waals surface area contributed by atoms with Gasteiger partial charge in [0.1, 0.15) is 11.3 Å². The van der Waals surface area contributed by atoms with Gasteiger partial charge in [0.2, 0.25) is 0 Å². The van der Waals surface area contributed by atoms with Crippen molar-refractivity contribution < 1.29 is 4.79 Å². The van der Waals surface area contributed by atoms with Crippen LogP contribution in [0.25, 0.3) is 16.6 Å². The lowest BCUT2D eigenvalue weighted by Gasteiger charge is -2.04. The Balaban J connectivity index is 2.50. The molecule has 0 saturated heterocycles. The van der Waals surface area contributed by atoms with Gasteiger partial charge >= 0.3 is 0 Å². The summed E-state index contributed by atoms with van der Waals surface area (Å²) in [7, 11) is 0. The molecule has 3 rings (SSSR count). The van der Waals surface area contributed by atoms with E-state index in [1.54, 1.807) is 6.20 Å². The van der Waals surface area contributed by atoms with Gasteiger partial charge in [0.15, 0.2) is 5.78 Å². The summed E-state index contributed by atoms with van der Waals surface area (Å²) in [5.74, 6) is -0.00423. The average Bonchev–Trinajstić information content (AvgIpc) is 2.73. The molecule has 3 nitrogen and oxygen atoms in total. The van der Waals surface area contributed by atoms with E-state index in [0.29, 0.717) is 5.69 Å². The van der Waals surface area contributed by atoms with Gasteiger partial charge in [-0.1, -0.05) is 18.2 Å². The summed E-state index contributed by atoms with van der Waals surface area (Å²) in [6.07, 6.45) is 1.80. The fourth-order valence-corrected chi connectivity index (χ4v) is 2.15. The predicted octanol–water partition coefficient (Wildman–Crippen LogP) is 3.00. The standard InChI is InChI=1S/C14H12N2O/c1-9-7-14-15-12(10(2)17)8-16(14)13-6-4-3-5-11(9)13/h3-8H,1-2H3. The highest BCUT2D eigenvalue weighted by molar-refractivity contribution is 5.94. The molecule has 0 radical (unpaired) electrons. The molecule has 3 aromatic rings. The maximum atomic E-state index is 11.4. The first-order valence-electron chi connectivity index (χ1n) is 5.55. The number of imidazole rings is 1. The van der Waals surface area contributed by atoms with Crippen LogP contribution in [-0.4, -0.2) is 15.2 Å². The number of benzene rings is 1. The second kappa shape index (κ2) is 3.42. The molecule has 0 atom stereocenters. The number of carbonyl (C=O) groups is 1. The fourth-order valence-electron chi connectivity index (χ4n) is 2.15. The van der Waals surface area contributed by atoms with Crippen molar-refractivity contribution in [2.24, 2.45) is 0 Å². The lowest BCUT2D eigenvalue weighted by atomic mass is 10.1. The smallest absolute Gasteiger partial charge is 0.179 e. The summed E-state index contributed by atoms with van der Waals surface area (Å²) in [5, 5.41) is 1.19. The lowest BCUT2D eigenvalue weighted by molar-refractivity contribution is 0.101. The zero-order chi connectivity index (χ0) is 12.0. The fraction of sp³-hybridized carbons (Fsp3) is 0.143. The average molecular weight is 224 g/mol. The molecule has 0 aliphatic rings. The van der Waals surface area contributed by atoms with Crippen molar-refractivity contribution >= 4 is 22.3 Å². The molecule has 0 saturated carbocycles. The van der Waals surface area contributed by atoms with E-state index in [9.17, 15) is 4.79 Å². The zero-order valence-electron chi connectivity index (χ0n) is 9.77. The van der Waals surface area contributed by atoms with Crippen LogP contribution < -0.4 is 0 Å². The maximum Gasteiger partial charge on any atom is 0.179 e. The number of aryl methyl sites for hydroxylation is 1. The first-order valence-corrected chi connectivity index (χ1v) is 5.55. The van der Waals surface area contributed by atoms with Crippen molar-refractivity contribution in [3.05, 3.63) is 47.8 Å². The van der Waals surface area contributed by atoms with E-state index in [0.717, 1.165) is 11.2 Å². The number of aromatic nitrogens is 2. The molecule has 0 N–H and O–H groups in total. The summed E-state index contributed by atoms with van der Waals surface area (Å²) in [5.41, 5.74) is 3.60. The number of fused-ring (bicyclic) bond motifs is 3. The molecule has 0 amide bonds. The molecule has 2 heterocycles. The molecule has 0 aliphatic carbocycles. The van der Waals surface area contributed by atoms with Crippen molar-refractivity contribution in [3.8, 4) is 0 Å². The minimum atomic E-state index is -0.00423. The third kappa shape index (κ3) is 1.43. The number of hydrogen-bond donors (Lipinski definition) is 0. The highest BCUT2D eigenvalue weighted by Gasteiger charge is 2.09. The highest BCUT2D eigenvalue weighted by atomic mass is 16.1. The Bertz CT molecular complexity index is 740. The van der Waals surface area contributed by atoms with E-state index in [2.05, 4.69) is 18.0 Å². The molecule has 0 unspecified atom stereocenters. The Morgan fingerprint density at radius 3 is 2.82 bits per heavy atom. The van der Waals surface area contributed by atoms with Crippen LogP contribution in [0.3, 0.4) is 0 Å². The zero-order valence-corrected chi connectivity index (χ0v) is 9.77. The quantitative estimate of drug-likeness (QED) is 0.595. The summed E-state index contributed by atoms with van der Waals surface area (Å²) in [6.45, 7) is 3.60. The molecule has 2 aromatic heterocycles. The van der Waals surface area contributed by atoms with Crippen LogP contribution in [-0.2, 0) is 0 Å². The molecular weight excluding hydrogens is 212 g/mol. The van der Waals surface area contributed by atoms with Crippen molar-refractivity contribution in [1.29, 1.82) is 0 Å². The van der Waals surface area contributed by atoms with Crippen molar-refractivity contribution in [1.82, 2.24) is 9.38 Å². The van der Waals surface area contributed by atoms with Crippen molar-refractivity contribution in [2.75, 3.05) is 0 Å². The molecule has 3 heteroatoms. The van der Waals surface area contributed by atoms with Gasteiger partial charge in [-0.05, 0) is 24.6 Å². The van der Waals surface area contributed by atoms with Crippen LogP contribution >= 0.6 is 0 Å². The highest BCUT2D eigenvalue weighted by Crippen LogP contribution is 2.21. The molecule has 0 spiro atoms. The first kappa shape index (κ1) is 10.0. The Morgan fingerprint density at radius 1 is 1.29 bits per heavy atom. The summed E-state index contributed by atoms with van der Waals surface area (Å²) in [6, 6.07) is 10.1. The number of nitrogens with zero attached hydrogens (tertiary/aromatic N) is 2. The van der Waals surface area contributed by atoms with E-state index in [4.69, 9.17) is 0 Å². The largest absolute Gasteiger partial charge is 0.299 e. The number of rotatable bonds is 1. The molecule has 17 heavy (non-hydrogen) atoms. The van der Waals surface area contributed by atoms with E-state index in [-0.39, 0.29) is 5.78 Å².